The summed E-state index contributed by atoms with van der Waals surface area (Å²) >= 11 is 7.42. The molecule has 0 aliphatic carbocycles. The van der Waals surface area contributed by atoms with Crippen LogP contribution < -0.4 is 4.74 Å². The minimum absolute atomic E-state index is 0.462. The molecule has 148 valence electrons. The van der Waals surface area contributed by atoms with E-state index in [-0.39, 0.29) is 0 Å². The fraction of sp³-hybridized carbons (Fsp3) is 0.200. The molecule has 0 saturated carbocycles. The zero-order chi connectivity index (χ0) is 20.2. The maximum absolute atomic E-state index is 5.92. The van der Waals surface area contributed by atoms with E-state index < -0.39 is 0 Å². The van der Waals surface area contributed by atoms with E-state index in [1.54, 1.807) is 19.2 Å². The lowest BCUT2D eigenvalue weighted by Crippen LogP contribution is -2.01. The van der Waals surface area contributed by atoms with Gasteiger partial charge in [-0.2, -0.15) is 0 Å². The number of para-hydroxylation sites is 1. The number of halogens is 1. The number of aromatic nitrogens is 5. The lowest BCUT2D eigenvalue weighted by atomic mass is 10.2. The average molecular weight is 428 g/mol. The quantitative estimate of drug-likeness (QED) is 0.385. The van der Waals surface area contributed by atoms with Crippen LogP contribution in [0.1, 0.15) is 12.8 Å². The Hall–Kier alpha value is -2.84. The van der Waals surface area contributed by atoms with E-state index in [0.717, 1.165) is 34.4 Å². The van der Waals surface area contributed by atoms with Crippen LogP contribution in [0.15, 0.2) is 58.1 Å². The second-order valence-corrected chi connectivity index (χ2v) is 7.43. The monoisotopic (exact) mass is 427 g/mol. The predicted octanol–water partition coefficient (Wildman–Crippen LogP) is 4.97. The first-order valence-corrected chi connectivity index (χ1v) is 10.3. The molecule has 0 aliphatic rings. The van der Waals surface area contributed by atoms with Crippen LogP contribution in [-0.2, 0) is 12.3 Å². The van der Waals surface area contributed by atoms with Crippen molar-refractivity contribution in [1.82, 2.24) is 25.0 Å². The number of benzene rings is 2. The van der Waals surface area contributed by atoms with E-state index in [9.17, 15) is 0 Å². The van der Waals surface area contributed by atoms with E-state index in [2.05, 4.69) is 27.3 Å². The van der Waals surface area contributed by atoms with Crippen LogP contribution in [0.25, 0.3) is 22.8 Å². The molecule has 0 bridgehead atoms. The molecule has 2 heterocycles. The van der Waals surface area contributed by atoms with Crippen LogP contribution in [0, 0.1) is 0 Å². The number of thioether (sulfide) groups is 1. The molecule has 2 aromatic carbocycles. The number of hydrogen-bond acceptors (Lipinski definition) is 7. The molecule has 0 amide bonds. The molecule has 29 heavy (non-hydrogen) atoms. The second kappa shape index (κ2) is 8.67. The molecule has 7 nitrogen and oxygen atoms in total. The summed E-state index contributed by atoms with van der Waals surface area (Å²) in [7, 11) is 1.65. The predicted molar refractivity (Wildman–Crippen MR) is 112 cm³/mol. The summed E-state index contributed by atoms with van der Waals surface area (Å²) in [4.78, 5) is 0. The standard InChI is InChI=1S/C20H18ClN5O2S/c1-3-26-18(15-6-4-5-7-16(15)27-2)23-25-20(26)29-12-17-22-24-19(28-17)13-8-10-14(21)11-9-13/h4-11H,3,12H2,1-2H3. The zero-order valence-corrected chi connectivity index (χ0v) is 17.4. The van der Waals surface area contributed by atoms with Crippen LogP contribution in [0.4, 0.5) is 0 Å². The first kappa shape index (κ1) is 19.5. The molecule has 0 fully saturated rings. The van der Waals surface area contributed by atoms with Crippen molar-refractivity contribution in [2.75, 3.05) is 7.11 Å². The number of methoxy groups -OCH3 is 1. The van der Waals surface area contributed by atoms with Crippen LogP contribution in [-0.4, -0.2) is 32.1 Å². The molecule has 0 spiro atoms. The van der Waals surface area contributed by atoms with Crippen molar-refractivity contribution in [3.63, 3.8) is 0 Å². The summed E-state index contributed by atoms with van der Waals surface area (Å²) in [5.74, 6) is 2.99. The lowest BCUT2D eigenvalue weighted by molar-refractivity contribution is 0.416. The summed E-state index contributed by atoms with van der Waals surface area (Å²) in [6, 6.07) is 15.0. The van der Waals surface area contributed by atoms with Gasteiger partial charge in [-0.3, -0.25) is 0 Å². The molecule has 0 saturated heterocycles. The van der Waals surface area contributed by atoms with E-state index in [0.29, 0.717) is 22.6 Å². The van der Waals surface area contributed by atoms with Crippen molar-refractivity contribution in [3.05, 3.63) is 59.4 Å². The minimum atomic E-state index is 0.462. The Bertz CT molecular complexity index is 1110. The summed E-state index contributed by atoms with van der Waals surface area (Å²) in [5.41, 5.74) is 1.73. The van der Waals surface area contributed by atoms with Gasteiger partial charge in [0.2, 0.25) is 11.8 Å². The highest BCUT2D eigenvalue weighted by molar-refractivity contribution is 7.98. The molecular formula is C20H18ClN5O2S. The van der Waals surface area contributed by atoms with Gasteiger partial charge in [-0.1, -0.05) is 35.5 Å². The van der Waals surface area contributed by atoms with Crippen LogP contribution in [0.2, 0.25) is 5.02 Å². The van der Waals surface area contributed by atoms with E-state index >= 15 is 0 Å². The smallest absolute Gasteiger partial charge is 0.247 e. The van der Waals surface area contributed by atoms with E-state index in [1.807, 2.05) is 41.0 Å². The van der Waals surface area contributed by atoms with Crippen molar-refractivity contribution >= 4 is 23.4 Å². The van der Waals surface area contributed by atoms with Crippen LogP contribution in [0.3, 0.4) is 0 Å². The van der Waals surface area contributed by atoms with Gasteiger partial charge in [-0.25, -0.2) is 0 Å². The topological polar surface area (TPSA) is 78.9 Å². The van der Waals surface area contributed by atoms with Crippen molar-refractivity contribution in [1.29, 1.82) is 0 Å². The Balaban J connectivity index is 1.52. The van der Waals surface area contributed by atoms with Gasteiger partial charge in [0.25, 0.3) is 0 Å². The summed E-state index contributed by atoms with van der Waals surface area (Å²) < 4.78 is 13.3. The summed E-state index contributed by atoms with van der Waals surface area (Å²) in [6.07, 6.45) is 0. The number of ether oxygens (including phenoxy) is 1. The minimum Gasteiger partial charge on any atom is -0.496 e. The molecule has 9 heteroatoms. The first-order valence-electron chi connectivity index (χ1n) is 8.97. The fourth-order valence-electron chi connectivity index (χ4n) is 2.86. The van der Waals surface area contributed by atoms with Gasteiger partial charge < -0.3 is 13.7 Å². The van der Waals surface area contributed by atoms with Crippen molar-refractivity contribution in [3.8, 4) is 28.6 Å². The highest BCUT2D eigenvalue weighted by atomic mass is 35.5. The van der Waals surface area contributed by atoms with Crippen LogP contribution >= 0.6 is 23.4 Å². The third-order valence-electron chi connectivity index (χ3n) is 4.26. The molecule has 0 atom stereocenters. The Labute approximate surface area is 177 Å². The van der Waals surface area contributed by atoms with Crippen molar-refractivity contribution < 1.29 is 9.15 Å². The summed E-state index contributed by atoms with van der Waals surface area (Å²) in [6.45, 7) is 2.78. The molecule has 4 rings (SSSR count). The fourth-order valence-corrected chi connectivity index (χ4v) is 3.82. The van der Waals surface area contributed by atoms with Gasteiger partial charge >= 0.3 is 0 Å². The molecule has 2 aromatic heterocycles. The van der Waals surface area contributed by atoms with Gasteiger partial charge in [-0.15, -0.1) is 20.4 Å². The Kier molecular flexibility index (Phi) is 5.82. The van der Waals surface area contributed by atoms with Gasteiger partial charge in [0, 0.05) is 17.1 Å². The molecule has 0 N–H and O–H groups in total. The van der Waals surface area contributed by atoms with E-state index in [4.69, 9.17) is 20.8 Å². The highest BCUT2D eigenvalue weighted by Crippen LogP contribution is 2.32. The van der Waals surface area contributed by atoms with Crippen molar-refractivity contribution in [2.45, 2.75) is 24.4 Å². The van der Waals surface area contributed by atoms with E-state index in [1.165, 1.54) is 11.8 Å². The number of nitrogens with zero attached hydrogens (tertiary/aromatic N) is 5. The Morgan fingerprint density at radius 2 is 1.83 bits per heavy atom. The lowest BCUT2D eigenvalue weighted by Gasteiger charge is -2.09. The highest BCUT2D eigenvalue weighted by Gasteiger charge is 2.17. The van der Waals surface area contributed by atoms with Gasteiger partial charge in [-0.05, 0) is 43.3 Å². The Morgan fingerprint density at radius 1 is 1.03 bits per heavy atom. The molecular weight excluding hydrogens is 410 g/mol. The SMILES string of the molecule is CCn1c(SCc2nnc(-c3ccc(Cl)cc3)o2)nnc1-c1ccccc1OC. The summed E-state index contributed by atoms with van der Waals surface area (Å²) in [5, 5.41) is 18.4. The largest absolute Gasteiger partial charge is 0.496 e. The second-order valence-electron chi connectivity index (χ2n) is 6.05. The van der Waals surface area contributed by atoms with Gasteiger partial charge in [0.15, 0.2) is 11.0 Å². The third kappa shape index (κ3) is 4.13. The Morgan fingerprint density at radius 3 is 2.59 bits per heavy atom. The molecule has 0 radical (unpaired) electrons. The van der Waals surface area contributed by atoms with Gasteiger partial charge in [0.05, 0.1) is 18.4 Å². The molecule has 0 aliphatic heterocycles. The number of hydrogen-bond donors (Lipinski definition) is 0. The molecule has 0 unspecified atom stereocenters. The normalized spacial score (nSPS) is 11.0. The maximum Gasteiger partial charge on any atom is 0.247 e. The van der Waals surface area contributed by atoms with Crippen LogP contribution in [0.5, 0.6) is 5.75 Å². The first-order chi connectivity index (χ1) is 14.2. The average Bonchev–Trinajstić information content (AvgIpc) is 3.39. The maximum atomic E-state index is 5.92. The zero-order valence-electron chi connectivity index (χ0n) is 15.9. The van der Waals surface area contributed by atoms with Crippen molar-refractivity contribution in [2.24, 2.45) is 0 Å². The number of rotatable bonds is 7. The molecule has 4 aromatic rings. The third-order valence-corrected chi connectivity index (χ3v) is 5.47. The van der Waals surface area contributed by atoms with Gasteiger partial charge in [0.1, 0.15) is 5.75 Å².